The maximum absolute atomic E-state index is 11.2. The van der Waals surface area contributed by atoms with Gasteiger partial charge < -0.3 is 0 Å². The van der Waals surface area contributed by atoms with Crippen LogP contribution in [0.3, 0.4) is 0 Å². The Bertz CT molecular complexity index is 288. The van der Waals surface area contributed by atoms with Crippen molar-refractivity contribution >= 4 is 17.7 Å². The van der Waals surface area contributed by atoms with Crippen LogP contribution in [0.5, 0.6) is 0 Å². The highest BCUT2D eigenvalue weighted by atomic mass is 32.2. The van der Waals surface area contributed by atoms with Crippen molar-refractivity contribution in [3.05, 3.63) is 6.33 Å². The summed E-state index contributed by atoms with van der Waals surface area (Å²) in [7, 11) is 0. The van der Waals surface area contributed by atoms with Gasteiger partial charge in [-0.25, -0.2) is 10.8 Å². The zero-order valence-electron chi connectivity index (χ0n) is 8.02. The minimum absolute atomic E-state index is 0.0894. The highest BCUT2D eigenvalue weighted by Crippen LogP contribution is 2.24. The van der Waals surface area contributed by atoms with Crippen molar-refractivity contribution in [2.75, 3.05) is 0 Å². The Kier molecular flexibility index (Phi) is 3.90. The summed E-state index contributed by atoms with van der Waals surface area (Å²) in [4.78, 5) is 15.1. The number of hydrazine groups is 1. The standard InChI is InChI=1S/C7H13N5OS/c1-4(6(13)11-8)5(2)14-7-9-3-10-12-7/h3-5H,8H2,1-2H3,(H,11,13)(H,9,10,12). The van der Waals surface area contributed by atoms with Crippen LogP contribution in [-0.2, 0) is 4.79 Å². The zero-order chi connectivity index (χ0) is 10.6. The van der Waals surface area contributed by atoms with E-state index in [1.807, 2.05) is 13.8 Å². The Balaban J connectivity index is 2.49. The van der Waals surface area contributed by atoms with Gasteiger partial charge in [-0.05, 0) is 0 Å². The van der Waals surface area contributed by atoms with E-state index in [9.17, 15) is 4.79 Å². The van der Waals surface area contributed by atoms with Gasteiger partial charge in [0.05, 0.1) is 0 Å². The number of nitrogens with zero attached hydrogens (tertiary/aromatic N) is 2. The zero-order valence-corrected chi connectivity index (χ0v) is 8.84. The van der Waals surface area contributed by atoms with Gasteiger partial charge in [-0.3, -0.25) is 15.3 Å². The molecule has 0 spiro atoms. The molecule has 0 saturated heterocycles. The van der Waals surface area contributed by atoms with E-state index < -0.39 is 0 Å². The Morgan fingerprint density at radius 1 is 1.71 bits per heavy atom. The van der Waals surface area contributed by atoms with E-state index in [-0.39, 0.29) is 17.1 Å². The number of hydrogen-bond acceptors (Lipinski definition) is 5. The lowest BCUT2D eigenvalue weighted by atomic mass is 10.1. The van der Waals surface area contributed by atoms with Crippen LogP contribution >= 0.6 is 11.8 Å². The molecule has 0 radical (unpaired) electrons. The fraction of sp³-hybridized carbons (Fsp3) is 0.571. The second-order valence-corrected chi connectivity index (χ2v) is 4.28. The van der Waals surface area contributed by atoms with E-state index in [1.165, 1.54) is 18.1 Å². The molecular weight excluding hydrogens is 202 g/mol. The molecule has 7 heteroatoms. The summed E-state index contributed by atoms with van der Waals surface area (Å²) < 4.78 is 0. The van der Waals surface area contributed by atoms with Gasteiger partial charge in [0.1, 0.15) is 6.33 Å². The average Bonchev–Trinajstić information content (AvgIpc) is 2.68. The molecule has 0 fully saturated rings. The van der Waals surface area contributed by atoms with Crippen molar-refractivity contribution in [2.24, 2.45) is 11.8 Å². The van der Waals surface area contributed by atoms with E-state index in [1.54, 1.807) is 0 Å². The van der Waals surface area contributed by atoms with Gasteiger partial charge >= 0.3 is 0 Å². The summed E-state index contributed by atoms with van der Waals surface area (Å²) in [5.41, 5.74) is 2.13. The normalized spacial score (nSPS) is 14.8. The smallest absolute Gasteiger partial charge is 0.237 e. The molecule has 1 amide bonds. The van der Waals surface area contributed by atoms with Gasteiger partial charge in [0.15, 0.2) is 5.16 Å². The molecule has 78 valence electrons. The molecule has 2 unspecified atom stereocenters. The monoisotopic (exact) mass is 215 g/mol. The topological polar surface area (TPSA) is 96.7 Å². The number of aromatic amines is 1. The molecule has 4 N–H and O–H groups in total. The minimum Gasteiger partial charge on any atom is -0.294 e. The molecule has 0 aliphatic carbocycles. The largest absolute Gasteiger partial charge is 0.294 e. The number of hydrogen-bond donors (Lipinski definition) is 3. The van der Waals surface area contributed by atoms with Gasteiger partial charge in [0.2, 0.25) is 5.91 Å². The third kappa shape index (κ3) is 2.71. The molecule has 14 heavy (non-hydrogen) atoms. The molecule has 0 aromatic carbocycles. The van der Waals surface area contributed by atoms with Crippen LogP contribution in [0.4, 0.5) is 0 Å². The van der Waals surface area contributed by atoms with Crippen molar-refractivity contribution in [3.8, 4) is 0 Å². The van der Waals surface area contributed by atoms with E-state index in [4.69, 9.17) is 5.84 Å². The SMILES string of the molecule is CC(Sc1ncn[nH]1)C(C)C(=O)NN. The maximum Gasteiger partial charge on any atom is 0.237 e. The van der Waals surface area contributed by atoms with Crippen LogP contribution in [0.25, 0.3) is 0 Å². The molecule has 1 heterocycles. The Morgan fingerprint density at radius 3 is 2.93 bits per heavy atom. The molecule has 1 rings (SSSR count). The molecule has 0 bridgehead atoms. The lowest BCUT2D eigenvalue weighted by Crippen LogP contribution is -2.38. The first kappa shape index (κ1) is 11.0. The Morgan fingerprint density at radius 2 is 2.43 bits per heavy atom. The average molecular weight is 215 g/mol. The van der Waals surface area contributed by atoms with Crippen LogP contribution in [0.15, 0.2) is 11.5 Å². The first-order chi connectivity index (χ1) is 6.65. The number of aromatic nitrogens is 3. The number of carbonyl (C=O) groups excluding carboxylic acids is 1. The van der Waals surface area contributed by atoms with E-state index in [0.717, 1.165) is 0 Å². The number of nitrogens with one attached hydrogen (secondary N) is 2. The molecule has 2 atom stereocenters. The van der Waals surface area contributed by atoms with Crippen molar-refractivity contribution in [1.82, 2.24) is 20.6 Å². The molecular formula is C7H13N5OS. The van der Waals surface area contributed by atoms with Crippen LogP contribution < -0.4 is 11.3 Å². The summed E-state index contributed by atoms with van der Waals surface area (Å²) in [5.74, 6) is 4.69. The number of thioether (sulfide) groups is 1. The number of rotatable bonds is 4. The number of H-pyrrole nitrogens is 1. The van der Waals surface area contributed by atoms with Crippen LogP contribution in [-0.4, -0.2) is 26.3 Å². The predicted octanol–water partition coefficient (Wildman–Crippen LogP) is -0.0887. The summed E-state index contributed by atoms with van der Waals surface area (Å²) in [6.07, 6.45) is 1.43. The summed E-state index contributed by atoms with van der Waals surface area (Å²) >= 11 is 1.46. The molecule has 1 aromatic heterocycles. The predicted molar refractivity (Wildman–Crippen MR) is 53.2 cm³/mol. The van der Waals surface area contributed by atoms with Gasteiger partial charge in [-0.1, -0.05) is 25.6 Å². The third-order valence-corrected chi connectivity index (χ3v) is 3.15. The van der Waals surface area contributed by atoms with Crippen molar-refractivity contribution in [1.29, 1.82) is 0 Å². The second kappa shape index (κ2) is 4.97. The first-order valence-corrected chi connectivity index (χ1v) is 5.05. The van der Waals surface area contributed by atoms with E-state index in [0.29, 0.717) is 5.16 Å². The van der Waals surface area contributed by atoms with Gasteiger partial charge in [-0.15, -0.1) is 0 Å². The van der Waals surface area contributed by atoms with Gasteiger partial charge in [0, 0.05) is 11.2 Å². The van der Waals surface area contributed by atoms with Crippen LogP contribution in [0.1, 0.15) is 13.8 Å². The molecule has 0 aliphatic heterocycles. The molecule has 0 saturated carbocycles. The van der Waals surface area contributed by atoms with E-state index >= 15 is 0 Å². The molecule has 1 aromatic rings. The van der Waals surface area contributed by atoms with Crippen LogP contribution in [0, 0.1) is 5.92 Å². The highest BCUT2D eigenvalue weighted by Gasteiger charge is 2.21. The Labute approximate surface area is 86.0 Å². The fourth-order valence-electron chi connectivity index (χ4n) is 0.874. The lowest BCUT2D eigenvalue weighted by Gasteiger charge is -2.15. The molecule has 0 aliphatic rings. The van der Waals surface area contributed by atoms with Crippen molar-refractivity contribution in [3.63, 3.8) is 0 Å². The minimum atomic E-state index is -0.176. The number of nitrogens with two attached hydrogens (primary N) is 1. The summed E-state index contributed by atoms with van der Waals surface area (Å²) in [6.45, 7) is 3.75. The third-order valence-electron chi connectivity index (χ3n) is 1.95. The highest BCUT2D eigenvalue weighted by molar-refractivity contribution is 7.99. The summed E-state index contributed by atoms with van der Waals surface area (Å²) in [6, 6.07) is 0. The van der Waals surface area contributed by atoms with Crippen molar-refractivity contribution < 1.29 is 4.79 Å². The summed E-state index contributed by atoms with van der Waals surface area (Å²) in [5, 5.41) is 7.23. The number of amides is 1. The second-order valence-electron chi connectivity index (χ2n) is 2.91. The Hall–Kier alpha value is -1.08. The number of carbonyl (C=O) groups is 1. The quantitative estimate of drug-likeness (QED) is 0.282. The first-order valence-electron chi connectivity index (χ1n) is 4.17. The van der Waals surface area contributed by atoms with Gasteiger partial charge in [0.25, 0.3) is 0 Å². The molecule has 6 nitrogen and oxygen atoms in total. The van der Waals surface area contributed by atoms with E-state index in [2.05, 4.69) is 20.6 Å². The lowest BCUT2D eigenvalue weighted by molar-refractivity contribution is -0.124. The fourth-order valence-corrected chi connectivity index (χ4v) is 1.77. The van der Waals surface area contributed by atoms with Crippen LogP contribution in [0.2, 0.25) is 0 Å². The van der Waals surface area contributed by atoms with Gasteiger partial charge in [-0.2, -0.15) is 5.10 Å². The van der Waals surface area contributed by atoms with Crippen molar-refractivity contribution in [2.45, 2.75) is 24.3 Å². The maximum atomic E-state index is 11.2.